The standard InChI is InChI=1S/C73H116O6/c1-4-7-10-13-16-19-22-25-28-30-32-33-34-35-36-37-38-39-41-42-45-48-51-54-57-60-63-66-72(75)78-69-70(68-77-71(74)65-62-59-56-53-50-47-44-27-24-21-18-15-12-9-6-3)79-73(76)67-64-61-58-55-52-49-46-43-40-31-29-26-23-20-17-14-11-8-5-2/h7,9-10,12,16-21,25-29,32-33,35-36,40,43-44,50,53,59,62,70H,4-6,8,11,13-15,22-24,30-31,34,37-39,41-42,45-49,51-52,54-58,60-61,63-69H2,1-3H3/b10-7-,12-9-,19-16-,20-17-,21-18-,28-25-,29-26-,33-32-,36-35-,43-40-,44-27-,53-50-,62-59-. The van der Waals surface area contributed by atoms with Crippen LogP contribution in [0.15, 0.2) is 158 Å². The minimum atomic E-state index is -0.835. The van der Waals surface area contributed by atoms with Crippen LogP contribution in [0.4, 0.5) is 0 Å². The van der Waals surface area contributed by atoms with Crippen LogP contribution in [0.5, 0.6) is 0 Å². The summed E-state index contributed by atoms with van der Waals surface area (Å²) >= 11 is 0. The first-order valence-corrected chi connectivity index (χ1v) is 32.0. The fourth-order valence-electron chi connectivity index (χ4n) is 8.31. The van der Waals surface area contributed by atoms with Crippen molar-refractivity contribution in [2.75, 3.05) is 13.2 Å². The first kappa shape index (κ1) is 74.0. The van der Waals surface area contributed by atoms with Gasteiger partial charge in [-0.25, -0.2) is 0 Å². The molecule has 6 heteroatoms. The fourth-order valence-corrected chi connectivity index (χ4v) is 8.31. The number of carbonyl (C=O) groups is 3. The Morgan fingerprint density at radius 2 is 0.544 bits per heavy atom. The smallest absolute Gasteiger partial charge is 0.309 e. The summed E-state index contributed by atoms with van der Waals surface area (Å²) in [5, 5.41) is 0. The zero-order valence-corrected chi connectivity index (χ0v) is 50.8. The molecule has 0 aliphatic rings. The molecule has 6 nitrogen and oxygen atoms in total. The summed E-state index contributed by atoms with van der Waals surface area (Å²) in [5.41, 5.74) is 0. The number of esters is 3. The Bertz CT molecular complexity index is 1780. The zero-order chi connectivity index (χ0) is 57.1. The van der Waals surface area contributed by atoms with Crippen LogP contribution >= 0.6 is 0 Å². The molecule has 79 heavy (non-hydrogen) atoms. The van der Waals surface area contributed by atoms with Gasteiger partial charge in [-0.05, 0) is 128 Å². The van der Waals surface area contributed by atoms with Crippen molar-refractivity contribution in [1.82, 2.24) is 0 Å². The third-order valence-corrected chi connectivity index (χ3v) is 13.0. The van der Waals surface area contributed by atoms with Gasteiger partial charge in [0.15, 0.2) is 6.10 Å². The summed E-state index contributed by atoms with van der Waals surface area (Å²) < 4.78 is 16.8. The third-order valence-electron chi connectivity index (χ3n) is 13.0. The van der Waals surface area contributed by atoms with Crippen LogP contribution in [0.2, 0.25) is 0 Å². The van der Waals surface area contributed by atoms with Gasteiger partial charge >= 0.3 is 17.9 Å². The van der Waals surface area contributed by atoms with Gasteiger partial charge in [0.05, 0.1) is 6.42 Å². The number of allylic oxidation sites excluding steroid dienone is 25. The highest BCUT2D eigenvalue weighted by molar-refractivity contribution is 5.72. The Labute approximate surface area is 486 Å². The Morgan fingerprint density at radius 1 is 0.278 bits per heavy atom. The summed E-state index contributed by atoms with van der Waals surface area (Å²) in [5.74, 6) is -1.07. The largest absolute Gasteiger partial charge is 0.462 e. The lowest BCUT2D eigenvalue weighted by Gasteiger charge is -2.18. The molecule has 0 rings (SSSR count). The van der Waals surface area contributed by atoms with E-state index in [0.717, 1.165) is 128 Å². The van der Waals surface area contributed by atoms with Gasteiger partial charge in [0.2, 0.25) is 0 Å². The lowest BCUT2D eigenvalue weighted by atomic mass is 10.0. The van der Waals surface area contributed by atoms with Crippen molar-refractivity contribution in [2.24, 2.45) is 0 Å². The second-order valence-corrected chi connectivity index (χ2v) is 20.6. The monoisotopic (exact) mass is 1090 g/mol. The maximum Gasteiger partial charge on any atom is 0.309 e. The Kier molecular flexibility index (Phi) is 61.4. The number of hydrogen-bond acceptors (Lipinski definition) is 6. The van der Waals surface area contributed by atoms with Crippen molar-refractivity contribution >= 4 is 17.9 Å². The van der Waals surface area contributed by atoms with Gasteiger partial charge in [0.1, 0.15) is 13.2 Å². The van der Waals surface area contributed by atoms with E-state index in [1.165, 1.54) is 96.3 Å². The fraction of sp³-hybridized carbons (Fsp3) is 0.603. The molecule has 0 amide bonds. The molecular weight excluding hydrogens is 973 g/mol. The first-order valence-electron chi connectivity index (χ1n) is 32.0. The predicted molar refractivity (Wildman–Crippen MR) is 343 cm³/mol. The summed E-state index contributed by atoms with van der Waals surface area (Å²) in [7, 11) is 0. The topological polar surface area (TPSA) is 78.9 Å². The molecule has 0 spiro atoms. The van der Waals surface area contributed by atoms with Gasteiger partial charge in [-0.2, -0.15) is 0 Å². The Hall–Kier alpha value is -4.97. The molecule has 0 fully saturated rings. The lowest BCUT2D eigenvalue weighted by molar-refractivity contribution is -0.166. The molecule has 0 saturated heterocycles. The highest BCUT2D eigenvalue weighted by Crippen LogP contribution is 2.15. The molecule has 0 radical (unpaired) electrons. The van der Waals surface area contributed by atoms with E-state index < -0.39 is 12.1 Å². The molecule has 0 aliphatic carbocycles. The van der Waals surface area contributed by atoms with Crippen LogP contribution in [0.3, 0.4) is 0 Å². The van der Waals surface area contributed by atoms with E-state index >= 15 is 0 Å². The molecule has 444 valence electrons. The highest BCUT2D eigenvalue weighted by atomic mass is 16.6. The van der Waals surface area contributed by atoms with Crippen molar-refractivity contribution in [3.63, 3.8) is 0 Å². The van der Waals surface area contributed by atoms with Gasteiger partial charge < -0.3 is 14.2 Å². The van der Waals surface area contributed by atoms with Gasteiger partial charge in [0.25, 0.3) is 0 Å². The maximum absolute atomic E-state index is 12.9. The summed E-state index contributed by atoms with van der Waals surface area (Å²) in [6, 6.07) is 0. The van der Waals surface area contributed by atoms with Crippen molar-refractivity contribution in [3.8, 4) is 0 Å². The van der Waals surface area contributed by atoms with Gasteiger partial charge in [-0.3, -0.25) is 14.4 Å². The SMILES string of the molecule is CC/C=C\C/C=C\C/C=C\C/C=C\C/C=C\CCCCCCCCCCCCCC(=O)OCC(COC(=O)C/C=C\C/C=C\C/C=C\C/C=C\C/C=C\CC)OC(=O)CCCCCCCC/C=C\C/C=C\C/C=C\CCCCC. The second kappa shape index (κ2) is 65.5. The van der Waals surface area contributed by atoms with E-state index in [0.29, 0.717) is 6.42 Å². The average Bonchev–Trinajstić information content (AvgIpc) is 3.45. The molecule has 0 saturated carbocycles. The minimum Gasteiger partial charge on any atom is -0.462 e. The van der Waals surface area contributed by atoms with E-state index in [-0.39, 0.29) is 38.0 Å². The molecule has 0 aromatic rings. The molecule has 1 atom stereocenters. The Balaban J connectivity index is 4.45. The summed E-state index contributed by atoms with van der Waals surface area (Å²) in [6.07, 6.45) is 95.6. The van der Waals surface area contributed by atoms with E-state index in [1.807, 2.05) is 6.08 Å². The highest BCUT2D eigenvalue weighted by Gasteiger charge is 2.19. The van der Waals surface area contributed by atoms with Gasteiger partial charge in [0, 0.05) is 12.8 Å². The molecule has 0 bridgehead atoms. The van der Waals surface area contributed by atoms with Crippen LogP contribution in [-0.4, -0.2) is 37.2 Å². The van der Waals surface area contributed by atoms with E-state index in [2.05, 4.69) is 167 Å². The third kappa shape index (κ3) is 63.7. The summed E-state index contributed by atoms with van der Waals surface area (Å²) in [6.45, 7) is 6.28. The zero-order valence-electron chi connectivity index (χ0n) is 50.8. The molecular formula is C73H116O6. The molecule has 0 aromatic carbocycles. The average molecular weight is 1090 g/mol. The Morgan fingerprint density at radius 3 is 0.886 bits per heavy atom. The van der Waals surface area contributed by atoms with E-state index in [1.54, 1.807) is 6.08 Å². The van der Waals surface area contributed by atoms with Crippen molar-refractivity contribution in [1.29, 1.82) is 0 Å². The van der Waals surface area contributed by atoms with E-state index in [9.17, 15) is 14.4 Å². The van der Waals surface area contributed by atoms with Crippen LogP contribution in [0, 0.1) is 0 Å². The van der Waals surface area contributed by atoms with Crippen LogP contribution in [-0.2, 0) is 28.6 Å². The second-order valence-electron chi connectivity index (χ2n) is 20.6. The number of ether oxygens (including phenoxy) is 3. The molecule has 0 N–H and O–H groups in total. The number of unbranched alkanes of at least 4 members (excludes halogenated alkanes) is 20. The van der Waals surface area contributed by atoms with Crippen LogP contribution < -0.4 is 0 Å². The minimum absolute atomic E-state index is 0.117. The lowest BCUT2D eigenvalue weighted by Crippen LogP contribution is -2.30. The van der Waals surface area contributed by atoms with Crippen LogP contribution in [0.1, 0.15) is 265 Å². The molecule has 1 unspecified atom stereocenters. The summed E-state index contributed by atoms with van der Waals surface area (Å²) in [4.78, 5) is 38.3. The molecule has 0 heterocycles. The van der Waals surface area contributed by atoms with Crippen LogP contribution in [0.25, 0.3) is 0 Å². The molecule has 0 aromatic heterocycles. The van der Waals surface area contributed by atoms with E-state index in [4.69, 9.17) is 14.2 Å². The first-order chi connectivity index (χ1) is 39.0. The number of rotatable bonds is 56. The number of hydrogen-bond donors (Lipinski definition) is 0. The van der Waals surface area contributed by atoms with Crippen molar-refractivity contribution < 1.29 is 28.6 Å². The maximum atomic E-state index is 12.9. The normalized spacial score (nSPS) is 13.2. The van der Waals surface area contributed by atoms with Crippen molar-refractivity contribution in [3.05, 3.63) is 158 Å². The number of carbonyl (C=O) groups excluding carboxylic acids is 3. The molecule has 0 aliphatic heterocycles. The van der Waals surface area contributed by atoms with Gasteiger partial charge in [-0.15, -0.1) is 0 Å². The van der Waals surface area contributed by atoms with Gasteiger partial charge in [-0.1, -0.05) is 275 Å². The van der Waals surface area contributed by atoms with Crippen molar-refractivity contribution in [2.45, 2.75) is 271 Å². The quantitative estimate of drug-likeness (QED) is 0.0261. The predicted octanol–water partition coefficient (Wildman–Crippen LogP) is 22.1.